The number of hydrogen-bond acceptors (Lipinski definition) is 2. The van der Waals surface area contributed by atoms with Crippen LogP contribution in [0.5, 0.6) is 0 Å². The molecular weight excluding hydrogens is 796 g/mol. The van der Waals surface area contributed by atoms with E-state index in [2.05, 4.69) is 233 Å². The van der Waals surface area contributed by atoms with Gasteiger partial charge in [-0.05, 0) is 180 Å². The van der Waals surface area contributed by atoms with E-state index in [1.165, 1.54) is 125 Å². The molecule has 0 fully saturated rings. The first-order valence-electron chi connectivity index (χ1n) is 24.6. The molecule has 332 valence electrons. The summed E-state index contributed by atoms with van der Waals surface area (Å²) in [6.45, 7) is 31.7. The number of fused-ring (bicyclic) bond motifs is 6. The molecule has 66 heavy (non-hydrogen) atoms. The molecule has 0 spiro atoms. The highest BCUT2D eigenvalue weighted by molar-refractivity contribution is 7.00. The average molecular weight is 863 g/mol. The van der Waals surface area contributed by atoms with Crippen molar-refractivity contribution in [1.29, 1.82) is 0 Å². The third-order valence-corrected chi connectivity index (χ3v) is 16.5. The van der Waals surface area contributed by atoms with E-state index in [9.17, 15) is 0 Å². The number of anilines is 6. The van der Waals surface area contributed by atoms with Gasteiger partial charge in [0, 0.05) is 34.1 Å². The largest absolute Gasteiger partial charge is 0.311 e. The van der Waals surface area contributed by atoms with Crippen LogP contribution in [-0.2, 0) is 27.1 Å². The number of nitrogens with zero attached hydrogens (tertiary/aromatic N) is 2. The van der Waals surface area contributed by atoms with Crippen molar-refractivity contribution in [2.75, 3.05) is 9.80 Å². The highest BCUT2D eigenvalue weighted by Crippen LogP contribution is 2.55. The van der Waals surface area contributed by atoms with Crippen LogP contribution in [0, 0.1) is 13.8 Å². The van der Waals surface area contributed by atoms with Crippen LogP contribution in [0.15, 0.2) is 133 Å². The van der Waals surface area contributed by atoms with E-state index < -0.39 is 0 Å². The van der Waals surface area contributed by atoms with Crippen LogP contribution in [0.4, 0.5) is 34.1 Å². The van der Waals surface area contributed by atoms with E-state index in [0.29, 0.717) is 0 Å². The summed E-state index contributed by atoms with van der Waals surface area (Å²) in [6, 6.07) is 51.9. The number of benzene rings is 7. The van der Waals surface area contributed by atoms with Crippen LogP contribution < -0.4 is 26.2 Å². The quantitative estimate of drug-likeness (QED) is 0.163. The van der Waals surface area contributed by atoms with Crippen molar-refractivity contribution in [3.8, 4) is 22.3 Å². The Bertz CT molecular complexity index is 3120. The fourth-order valence-corrected chi connectivity index (χ4v) is 12.9. The molecule has 0 atom stereocenters. The Kier molecular flexibility index (Phi) is 9.31. The second kappa shape index (κ2) is 14.4. The smallest absolute Gasteiger partial charge is 0.252 e. The minimum atomic E-state index is -0.108. The summed E-state index contributed by atoms with van der Waals surface area (Å²) in [4.78, 5) is 5.37. The summed E-state index contributed by atoms with van der Waals surface area (Å²) in [6.07, 6.45) is 3.50. The first-order valence-corrected chi connectivity index (χ1v) is 24.6. The van der Waals surface area contributed by atoms with Crippen LogP contribution in [0.2, 0.25) is 0 Å². The van der Waals surface area contributed by atoms with Crippen molar-refractivity contribution >= 4 is 57.2 Å². The molecule has 2 heterocycles. The first kappa shape index (κ1) is 42.8. The van der Waals surface area contributed by atoms with E-state index in [0.717, 1.165) is 6.42 Å². The third-order valence-electron chi connectivity index (χ3n) is 16.5. The van der Waals surface area contributed by atoms with Crippen molar-refractivity contribution in [1.82, 2.24) is 0 Å². The first-order chi connectivity index (χ1) is 31.1. The highest BCUT2D eigenvalue weighted by Gasteiger charge is 2.49. The van der Waals surface area contributed by atoms with E-state index >= 15 is 0 Å². The van der Waals surface area contributed by atoms with Gasteiger partial charge >= 0.3 is 0 Å². The second-order valence-corrected chi connectivity index (χ2v) is 24.1. The molecule has 2 aliphatic heterocycles. The summed E-state index contributed by atoms with van der Waals surface area (Å²) < 4.78 is 0. The van der Waals surface area contributed by atoms with Gasteiger partial charge in [0.1, 0.15) is 0 Å². The Morgan fingerprint density at radius 3 is 1.42 bits per heavy atom. The summed E-state index contributed by atoms with van der Waals surface area (Å²) in [7, 11) is 0. The summed E-state index contributed by atoms with van der Waals surface area (Å²) in [5.41, 5.74) is 27.0. The number of rotatable bonds is 4. The molecule has 0 unspecified atom stereocenters. The Morgan fingerprint density at radius 2 is 0.864 bits per heavy atom. The molecule has 3 heteroatoms. The maximum Gasteiger partial charge on any atom is 0.252 e. The van der Waals surface area contributed by atoms with E-state index in [-0.39, 0.29) is 33.8 Å². The Balaban J connectivity index is 1.27. The van der Waals surface area contributed by atoms with Gasteiger partial charge in [-0.25, -0.2) is 0 Å². The van der Waals surface area contributed by atoms with Gasteiger partial charge in [-0.15, -0.1) is 0 Å². The lowest BCUT2D eigenvalue weighted by Gasteiger charge is -2.47. The number of hydrogen-bond donors (Lipinski definition) is 0. The molecule has 0 amide bonds. The van der Waals surface area contributed by atoms with Crippen molar-refractivity contribution < 1.29 is 0 Å². The second-order valence-electron chi connectivity index (χ2n) is 24.1. The van der Waals surface area contributed by atoms with Crippen molar-refractivity contribution in [3.63, 3.8) is 0 Å². The van der Waals surface area contributed by atoms with Gasteiger partial charge in [-0.2, -0.15) is 0 Å². The molecule has 2 nitrogen and oxygen atoms in total. The van der Waals surface area contributed by atoms with Gasteiger partial charge < -0.3 is 9.80 Å². The van der Waals surface area contributed by atoms with Crippen LogP contribution in [0.3, 0.4) is 0 Å². The molecule has 0 N–H and O–H groups in total. The Morgan fingerprint density at radius 1 is 0.409 bits per heavy atom. The van der Waals surface area contributed by atoms with Crippen molar-refractivity contribution in [3.05, 3.63) is 172 Å². The van der Waals surface area contributed by atoms with Crippen LogP contribution in [0.25, 0.3) is 22.3 Å². The lowest BCUT2D eigenvalue weighted by Crippen LogP contribution is -2.61. The zero-order valence-electron chi connectivity index (χ0n) is 41.8. The van der Waals surface area contributed by atoms with E-state index in [1.807, 2.05) is 0 Å². The van der Waals surface area contributed by atoms with Crippen molar-refractivity contribution in [2.24, 2.45) is 0 Å². The Labute approximate surface area is 396 Å². The fourth-order valence-electron chi connectivity index (χ4n) is 12.9. The summed E-state index contributed by atoms with van der Waals surface area (Å²) >= 11 is 0. The lowest BCUT2D eigenvalue weighted by molar-refractivity contribution is 0.332. The van der Waals surface area contributed by atoms with Gasteiger partial charge in [-0.3, -0.25) is 0 Å². The predicted octanol–water partition coefficient (Wildman–Crippen LogP) is 15.3. The molecule has 0 saturated heterocycles. The molecular formula is C63H67BN2. The van der Waals surface area contributed by atoms with E-state index in [4.69, 9.17) is 0 Å². The molecule has 7 aromatic carbocycles. The molecule has 2 aliphatic carbocycles. The minimum Gasteiger partial charge on any atom is -0.311 e. The zero-order chi connectivity index (χ0) is 46.5. The summed E-state index contributed by atoms with van der Waals surface area (Å²) in [5.74, 6) is 0. The normalized spacial score (nSPS) is 18.0. The number of aryl methyl sites for hydroxylation is 2. The monoisotopic (exact) mass is 863 g/mol. The molecule has 11 rings (SSSR count). The van der Waals surface area contributed by atoms with Gasteiger partial charge in [0.2, 0.25) is 0 Å². The lowest BCUT2D eigenvalue weighted by atomic mass is 9.33. The van der Waals surface area contributed by atoms with E-state index in [1.54, 1.807) is 0 Å². The SMILES string of the molecule is Cc1cc(-c2ccccc2)ccc1N1c2ccc(-c3ccccc3)cc2B2c3cc4c(cc3N(c3cc5c(cc3C)C(C)(C)CCC5(C)C)c3cc(C(C)(C)C)cc1c32)C(C)(C)CC4(C)C. The van der Waals surface area contributed by atoms with Crippen LogP contribution in [-0.4, -0.2) is 6.71 Å². The van der Waals surface area contributed by atoms with Gasteiger partial charge in [-0.1, -0.05) is 167 Å². The standard InChI is InChI=1S/C63H67BN2/c1-39-30-43(41-20-16-14-17-21-41)24-26-52(39)65-53-27-25-44(42-22-18-15-19-23-42)32-50(53)64-51-35-47-49(63(12,13)38-62(47,10)11)37-55(51)66(57-34-45(59(3,4)5)33-56(65)58(57)64)54-36-48-46(31-40(54)2)60(6,7)28-29-61(48,8)9/h14-27,30-37H,28-29,38H2,1-13H3. The maximum absolute atomic E-state index is 2.74. The van der Waals surface area contributed by atoms with Crippen molar-refractivity contribution in [2.45, 2.75) is 136 Å². The van der Waals surface area contributed by atoms with Gasteiger partial charge in [0.15, 0.2) is 0 Å². The molecule has 0 aromatic heterocycles. The highest BCUT2D eigenvalue weighted by atomic mass is 15.2. The summed E-state index contributed by atoms with van der Waals surface area (Å²) in [5, 5.41) is 0. The molecule has 0 saturated carbocycles. The topological polar surface area (TPSA) is 6.48 Å². The molecule has 7 aromatic rings. The maximum atomic E-state index is 2.74. The Hall–Kier alpha value is -5.80. The van der Waals surface area contributed by atoms with Crippen LogP contribution >= 0.6 is 0 Å². The molecule has 0 radical (unpaired) electrons. The fraction of sp³-hybridized carbons (Fsp3) is 0.333. The van der Waals surface area contributed by atoms with Gasteiger partial charge in [0.05, 0.1) is 0 Å². The van der Waals surface area contributed by atoms with Crippen LogP contribution in [0.1, 0.15) is 134 Å². The average Bonchev–Trinajstić information content (AvgIpc) is 3.46. The minimum absolute atomic E-state index is 0.0206. The zero-order valence-corrected chi connectivity index (χ0v) is 41.8. The molecule has 0 bridgehead atoms. The third kappa shape index (κ3) is 6.50. The van der Waals surface area contributed by atoms with Gasteiger partial charge in [0.25, 0.3) is 6.71 Å². The predicted molar refractivity (Wildman–Crippen MR) is 285 cm³/mol. The molecule has 4 aliphatic rings.